The van der Waals surface area contributed by atoms with Crippen LogP contribution in [-0.2, 0) is 6.42 Å². The van der Waals surface area contributed by atoms with Crippen molar-refractivity contribution in [1.82, 2.24) is 10.3 Å². The van der Waals surface area contributed by atoms with E-state index < -0.39 is 0 Å². The standard InChI is InChI=1S/C24H31ClN4O2/c1-16-18(13-17-9-10-21(28-15-17)27-12-6-11-26)14-20(23(31-2)22(16)25)24(30)29-19-7-4-3-5-8-19/h6,9-10,12,14-15,19H,3-5,7-8,11,13,26H2,1-2H3,(H,27,28)(H,29,30)/b12-6-. The Bertz CT molecular complexity index is 922. The number of aromatic nitrogens is 1. The molecule has 0 bridgehead atoms. The molecule has 4 N–H and O–H groups in total. The molecule has 6 nitrogen and oxygen atoms in total. The van der Waals surface area contributed by atoms with E-state index in [1.54, 1.807) is 13.3 Å². The minimum Gasteiger partial charge on any atom is -0.494 e. The molecule has 0 atom stereocenters. The zero-order valence-corrected chi connectivity index (χ0v) is 19.0. The Kier molecular flexibility index (Phi) is 8.32. The number of hydrogen-bond acceptors (Lipinski definition) is 5. The van der Waals surface area contributed by atoms with Crippen LogP contribution in [0.25, 0.3) is 0 Å². The molecule has 7 heteroatoms. The second-order valence-corrected chi connectivity index (χ2v) is 8.25. The third kappa shape index (κ3) is 5.99. The van der Waals surface area contributed by atoms with Crippen molar-refractivity contribution in [3.63, 3.8) is 0 Å². The summed E-state index contributed by atoms with van der Waals surface area (Å²) in [5.74, 6) is 1.04. The van der Waals surface area contributed by atoms with Gasteiger partial charge in [0.1, 0.15) is 11.6 Å². The van der Waals surface area contributed by atoms with Crippen molar-refractivity contribution in [3.8, 4) is 5.75 Å². The zero-order valence-electron chi connectivity index (χ0n) is 18.2. The SMILES string of the molecule is COc1c(C(=O)NC2CCCCC2)cc(Cc2ccc(N/C=C\CN)nc2)c(C)c1Cl. The van der Waals surface area contributed by atoms with Gasteiger partial charge < -0.3 is 21.1 Å². The molecule has 1 aliphatic carbocycles. The topological polar surface area (TPSA) is 89.3 Å². The molecule has 0 unspecified atom stereocenters. The smallest absolute Gasteiger partial charge is 0.255 e. The number of carbonyl (C=O) groups is 1. The number of nitrogens with zero attached hydrogens (tertiary/aromatic N) is 1. The first-order chi connectivity index (χ1) is 15.0. The summed E-state index contributed by atoms with van der Waals surface area (Å²) >= 11 is 6.60. The summed E-state index contributed by atoms with van der Waals surface area (Å²) in [6.45, 7) is 2.42. The van der Waals surface area contributed by atoms with Gasteiger partial charge in [0.25, 0.3) is 5.91 Å². The minimum absolute atomic E-state index is 0.128. The number of nitrogens with one attached hydrogen (secondary N) is 2. The normalized spacial score (nSPS) is 14.6. The predicted molar refractivity (Wildman–Crippen MR) is 126 cm³/mol. The van der Waals surface area contributed by atoms with Gasteiger partial charge in [0, 0.05) is 18.8 Å². The molecule has 1 heterocycles. The summed E-state index contributed by atoms with van der Waals surface area (Å²) in [6, 6.07) is 6.03. The van der Waals surface area contributed by atoms with Gasteiger partial charge in [-0.2, -0.15) is 0 Å². The van der Waals surface area contributed by atoms with E-state index in [9.17, 15) is 4.79 Å². The third-order valence-corrected chi connectivity index (χ3v) is 6.12. The molecule has 1 aliphatic rings. The van der Waals surface area contributed by atoms with Crippen LogP contribution in [0.5, 0.6) is 5.75 Å². The molecule has 1 aromatic heterocycles. The van der Waals surface area contributed by atoms with Crippen LogP contribution in [0, 0.1) is 6.92 Å². The van der Waals surface area contributed by atoms with Gasteiger partial charge in [0.15, 0.2) is 0 Å². The molecule has 1 amide bonds. The van der Waals surface area contributed by atoms with Crippen LogP contribution in [0.3, 0.4) is 0 Å². The number of methoxy groups -OCH3 is 1. The van der Waals surface area contributed by atoms with Gasteiger partial charge in [-0.15, -0.1) is 0 Å². The Morgan fingerprint density at radius 2 is 2.10 bits per heavy atom. The van der Waals surface area contributed by atoms with E-state index >= 15 is 0 Å². The summed E-state index contributed by atoms with van der Waals surface area (Å²) in [5, 5.41) is 6.72. The molecule has 1 saturated carbocycles. The van der Waals surface area contributed by atoms with E-state index in [1.165, 1.54) is 6.42 Å². The zero-order chi connectivity index (χ0) is 22.2. The Morgan fingerprint density at radius 1 is 1.32 bits per heavy atom. The van der Waals surface area contributed by atoms with Gasteiger partial charge in [0.2, 0.25) is 0 Å². The predicted octanol–water partition coefficient (Wildman–Crippen LogP) is 4.59. The fourth-order valence-corrected chi connectivity index (χ4v) is 4.19. The number of hydrogen-bond donors (Lipinski definition) is 3. The molecule has 1 fully saturated rings. The van der Waals surface area contributed by atoms with Crippen LogP contribution in [0.15, 0.2) is 36.7 Å². The molecule has 166 valence electrons. The molecule has 0 aliphatic heterocycles. The number of halogens is 1. The van der Waals surface area contributed by atoms with Crippen molar-refractivity contribution in [1.29, 1.82) is 0 Å². The quantitative estimate of drug-likeness (QED) is 0.556. The monoisotopic (exact) mass is 442 g/mol. The number of carbonyl (C=O) groups excluding carboxylic acids is 1. The van der Waals surface area contributed by atoms with Gasteiger partial charge in [-0.25, -0.2) is 4.98 Å². The molecule has 0 saturated heterocycles. The van der Waals surface area contributed by atoms with Crippen LogP contribution in [0.2, 0.25) is 5.02 Å². The molecule has 0 radical (unpaired) electrons. The number of pyridine rings is 1. The maximum Gasteiger partial charge on any atom is 0.255 e. The van der Waals surface area contributed by atoms with E-state index in [0.717, 1.165) is 48.2 Å². The Morgan fingerprint density at radius 3 is 2.74 bits per heavy atom. The lowest BCUT2D eigenvalue weighted by molar-refractivity contribution is 0.0924. The highest BCUT2D eigenvalue weighted by molar-refractivity contribution is 6.33. The van der Waals surface area contributed by atoms with Crippen LogP contribution in [0.1, 0.15) is 59.2 Å². The van der Waals surface area contributed by atoms with Gasteiger partial charge in [-0.3, -0.25) is 4.79 Å². The van der Waals surface area contributed by atoms with Gasteiger partial charge in [-0.05, 0) is 61.2 Å². The minimum atomic E-state index is -0.128. The van der Waals surface area contributed by atoms with Crippen molar-refractivity contribution < 1.29 is 9.53 Å². The van der Waals surface area contributed by atoms with E-state index in [1.807, 2.05) is 37.4 Å². The van der Waals surface area contributed by atoms with Crippen LogP contribution < -0.4 is 21.1 Å². The summed E-state index contributed by atoms with van der Waals surface area (Å²) in [4.78, 5) is 17.5. The second kappa shape index (κ2) is 11.2. The van der Waals surface area contributed by atoms with Crippen molar-refractivity contribution in [2.75, 3.05) is 19.0 Å². The van der Waals surface area contributed by atoms with Crippen LogP contribution in [-0.4, -0.2) is 30.6 Å². The van der Waals surface area contributed by atoms with Crippen molar-refractivity contribution in [3.05, 3.63) is 63.9 Å². The molecular formula is C24H31ClN4O2. The molecular weight excluding hydrogens is 412 g/mol. The van der Waals surface area contributed by atoms with Crippen molar-refractivity contribution in [2.24, 2.45) is 5.73 Å². The highest BCUT2D eigenvalue weighted by atomic mass is 35.5. The molecule has 1 aromatic carbocycles. The fourth-order valence-electron chi connectivity index (χ4n) is 3.89. The second-order valence-electron chi connectivity index (χ2n) is 7.87. The molecule has 31 heavy (non-hydrogen) atoms. The van der Waals surface area contributed by atoms with Gasteiger partial charge >= 0.3 is 0 Å². The van der Waals surface area contributed by atoms with E-state index in [-0.39, 0.29) is 11.9 Å². The first-order valence-electron chi connectivity index (χ1n) is 10.8. The Hall–Kier alpha value is -2.57. The Balaban J connectivity index is 1.81. The van der Waals surface area contributed by atoms with Crippen molar-refractivity contribution in [2.45, 2.75) is 51.5 Å². The average Bonchev–Trinajstić information content (AvgIpc) is 2.78. The maximum atomic E-state index is 13.0. The fraction of sp³-hybridized carbons (Fsp3) is 0.417. The van der Waals surface area contributed by atoms with Gasteiger partial charge in [0.05, 0.1) is 17.7 Å². The lowest BCUT2D eigenvalue weighted by atomic mass is 9.94. The molecule has 0 spiro atoms. The number of nitrogens with two attached hydrogens (primary N) is 1. The lowest BCUT2D eigenvalue weighted by Gasteiger charge is -2.24. The number of amides is 1. The number of rotatable bonds is 8. The Labute approximate surface area is 189 Å². The highest BCUT2D eigenvalue weighted by Crippen LogP contribution is 2.35. The average molecular weight is 443 g/mol. The first-order valence-corrected chi connectivity index (χ1v) is 11.1. The summed E-state index contributed by atoms with van der Waals surface area (Å²) < 4.78 is 5.51. The van der Waals surface area contributed by atoms with Crippen LogP contribution >= 0.6 is 11.6 Å². The summed E-state index contributed by atoms with van der Waals surface area (Å²) in [6.07, 6.45) is 11.6. The summed E-state index contributed by atoms with van der Waals surface area (Å²) in [7, 11) is 1.55. The largest absolute Gasteiger partial charge is 0.494 e. The van der Waals surface area contributed by atoms with Gasteiger partial charge in [-0.1, -0.05) is 43.0 Å². The highest BCUT2D eigenvalue weighted by Gasteiger charge is 2.23. The number of benzene rings is 1. The lowest BCUT2D eigenvalue weighted by Crippen LogP contribution is -2.36. The number of anilines is 1. The molecule has 3 rings (SSSR count). The first kappa shape index (κ1) is 23.1. The van der Waals surface area contributed by atoms with Crippen LogP contribution in [0.4, 0.5) is 5.82 Å². The van der Waals surface area contributed by atoms with Crippen molar-refractivity contribution >= 4 is 23.3 Å². The maximum absolute atomic E-state index is 13.0. The molecule has 2 aromatic rings. The van der Waals surface area contributed by atoms with E-state index in [2.05, 4.69) is 15.6 Å². The van der Waals surface area contributed by atoms with E-state index in [4.69, 9.17) is 22.1 Å². The third-order valence-electron chi connectivity index (χ3n) is 5.67. The number of ether oxygens (including phenoxy) is 1. The summed E-state index contributed by atoms with van der Waals surface area (Å²) in [5.41, 5.74) is 8.83. The van der Waals surface area contributed by atoms with E-state index in [0.29, 0.717) is 29.3 Å².